The summed E-state index contributed by atoms with van der Waals surface area (Å²) in [6.07, 6.45) is 2.56. The van der Waals surface area contributed by atoms with Crippen molar-refractivity contribution in [1.82, 2.24) is 14.8 Å². The Kier molecular flexibility index (Phi) is 4.09. The Labute approximate surface area is 135 Å². The Bertz CT molecular complexity index is 796. The van der Waals surface area contributed by atoms with Crippen LogP contribution >= 0.6 is 11.6 Å². The van der Waals surface area contributed by atoms with Gasteiger partial charge >= 0.3 is 6.18 Å². The van der Waals surface area contributed by atoms with Gasteiger partial charge in [0.2, 0.25) is 0 Å². The van der Waals surface area contributed by atoms with Crippen molar-refractivity contribution in [1.29, 1.82) is 0 Å². The molecule has 0 amide bonds. The number of nitrogens with zero attached hydrogens (tertiary/aromatic N) is 3. The zero-order valence-corrected chi connectivity index (χ0v) is 12.5. The first-order valence-electron chi connectivity index (χ1n) is 6.73. The van der Waals surface area contributed by atoms with Crippen LogP contribution in [0.25, 0.3) is 5.69 Å². The minimum Gasteiger partial charge on any atom is -0.261 e. The molecule has 3 nitrogen and oxygen atoms in total. The second-order valence-corrected chi connectivity index (χ2v) is 5.35. The van der Waals surface area contributed by atoms with E-state index < -0.39 is 11.7 Å². The maximum Gasteiger partial charge on any atom is 0.416 e. The molecule has 1 aromatic carbocycles. The molecule has 23 heavy (non-hydrogen) atoms. The van der Waals surface area contributed by atoms with Gasteiger partial charge in [0.15, 0.2) is 0 Å². The van der Waals surface area contributed by atoms with Crippen LogP contribution in [-0.4, -0.2) is 14.8 Å². The molecule has 2 heterocycles. The number of aromatic nitrogens is 3. The summed E-state index contributed by atoms with van der Waals surface area (Å²) >= 11 is 6.22. The maximum atomic E-state index is 12.6. The van der Waals surface area contributed by atoms with Crippen LogP contribution in [0.2, 0.25) is 5.02 Å². The highest BCUT2D eigenvalue weighted by atomic mass is 35.5. The Morgan fingerprint density at radius 1 is 1.09 bits per heavy atom. The summed E-state index contributed by atoms with van der Waals surface area (Å²) in [5, 5.41) is 4.59. The van der Waals surface area contributed by atoms with E-state index in [4.69, 9.17) is 11.6 Å². The van der Waals surface area contributed by atoms with Gasteiger partial charge in [-0.25, -0.2) is 4.68 Å². The van der Waals surface area contributed by atoms with Gasteiger partial charge in [-0.15, -0.1) is 0 Å². The monoisotopic (exact) mass is 337 g/mol. The van der Waals surface area contributed by atoms with Crippen LogP contribution in [0.3, 0.4) is 0 Å². The van der Waals surface area contributed by atoms with Crippen LogP contribution < -0.4 is 0 Å². The van der Waals surface area contributed by atoms with Crippen LogP contribution in [0.1, 0.15) is 16.7 Å². The summed E-state index contributed by atoms with van der Waals surface area (Å²) in [7, 11) is 0. The highest BCUT2D eigenvalue weighted by Gasteiger charge is 2.29. The molecule has 0 radical (unpaired) electrons. The molecular weight excluding hydrogens is 327 g/mol. The van der Waals surface area contributed by atoms with Gasteiger partial charge in [-0.3, -0.25) is 4.98 Å². The molecule has 0 saturated heterocycles. The summed E-state index contributed by atoms with van der Waals surface area (Å²) in [6.45, 7) is 0. The molecule has 0 aliphatic heterocycles. The maximum absolute atomic E-state index is 12.6. The van der Waals surface area contributed by atoms with Crippen molar-refractivity contribution in [3.63, 3.8) is 0 Å². The van der Waals surface area contributed by atoms with Crippen molar-refractivity contribution in [2.75, 3.05) is 0 Å². The molecule has 0 fully saturated rings. The van der Waals surface area contributed by atoms with E-state index in [0.717, 1.165) is 23.3 Å². The SMILES string of the molecule is FC(F)(F)c1ccc(Cc2c(Cl)cncc2-n2cccn2)cc1. The average molecular weight is 338 g/mol. The minimum absolute atomic E-state index is 0.384. The first-order chi connectivity index (χ1) is 10.9. The van der Waals surface area contributed by atoms with Gasteiger partial charge in [-0.2, -0.15) is 18.3 Å². The first-order valence-corrected chi connectivity index (χ1v) is 7.11. The lowest BCUT2D eigenvalue weighted by Crippen LogP contribution is -2.05. The van der Waals surface area contributed by atoms with E-state index in [2.05, 4.69) is 10.1 Å². The average Bonchev–Trinajstić information content (AvgIpc) is 3.03. The number of benzene rings is 1. The van der Waals surface area contributed by atoms with Crippen molar-refractivity contribution in [3.05, 3.63) is 76.8 Å². The van der Waals surface area contributed by atoms with E-state index in [1.165, 1.54) is 18.3 Å². The molecule has 0 N–H and O–H groups in total. The summed E-state index contributed by atoms with van der Waals surface area (Å²) in [6, 6.07) is 6.80. The number of halogens is 4. The van der Waals surface area contributed by atoms with Gasteiger partial charge in [0.25, 0.3) is 0 Å². The fourth-order valence-corrected chi connectivity index (χ4v) is 2.47. The zero-order chi connectivity index (χ0) is 16.4. The van der Waals surface area contributed by atoms with Crippen molar-refractivity contribution < 1.29 is 13.2 Å². The fraction of sp³-hybridized carbons (Fsp3) is 0.125. The molecule has 0 aliphatic carbocycles. The van der Waals surface area contributed by atoms with Crippen LogP contribution in [0.4, 0.5) is 13.2 Å². The molecular formula is C16H11ClF3N3. The number of hydrogen-bond acceptors (Lipinski definition) is 2. The second-order valence-electron chi connectivity index (χ2n) is 4.94. The van der Waals surface area contributed by atoms with Crippen LogP contribution in [0, 0.1) is 0 Å². The predicted octanol–water partition coefficient (Wildman–Crippen LogP) is 4.53. The van der Waals surface area contributed by atoms with E-state index in [1.807, 2.05) is 0 Å². The van der Waals surface area contributed by atoms with Crippen LogP contribution in [0.5, 0.6) is 0 Å². The first kappa shape index (κ1) is 15.6. The Morgan fingerprint density at radius 3 is 2.43 bits per heavy atom. The van der Waals surface area contributed by atoms with E-state index in [0.29, 0.717) is 17.1 Å². The van der Waals surface area contributed by atoms with E-state index in [-0.39, 0.29) is 0 Å². The molecule has 3 aromatic rings. The molecule has 0 atom stereocenters. The lowest BCUT2D eigenvalue weighted by atomic mass is 10.0. The third-order valence-corrected chi connectivity index (χ3v) is 3.72. The predicted molar refractivity (Wildman–Crippen MR) is 80.6 cm³/mol. The molecule has 0 unspecified atom stereocenters. The van der Waals surface area contributed by atoms with Gasteiger partial charge in [0.1, 0.15) is 0 Å². The molecule has 7 heteroatoms. The van der Waals surface area contributed by atoms with Crippen LogP contribution in [0.15, 0.2) is 55.1 Å². The molecule has 118 valence electrons. The van der Waals surface area contributed by atoms with Gasteiger partial charge in [0, 0.05) is 30.6 Å². The van der Waals surface area contributed by atoms with Gasteiger partial charge in [-0.05, 0) is 23.8 Å². The second kappa shape index (κ2) is 6.04. The normalized spacial score (nSPS) is 11.7. The molecule has 2 aromatic heterocycles. The van der Waals surface area contributed by atoms with Crippen molar-refractivity contribution in [2.45, 2.75) is 12.6 Å². The summed E-state index contributed by atoms with van der Waals surface area (Å²) in [5.41, 5.74) is 1.50. The number of pyridine rings is 1. The van der Waals surface area contributed by atoms with Gasteiger partial charge in [0.05, 0.1) is 22.5 Å². The number of rotatable bonds is 3. The van der Waals surface area contributed by atoms with Crippen LogP contribution in [-0.2, 0) is 12.6 Å². The number of hydrogen-bond donors (Lipinski definition) is 0. The fourth-order valence-electron chi connectivity index (χ4n) is 2.25. The third kappa shape index (κ3) is 3.37. The third-order valence-electron chi connectivity index (χ3n) is 3.40. The van der Waals surface area contributed by atoms with E-state index >= 15 is 0 Å². The van der Waals surface area contributed by atoms with Gasteiger partial charge < -0.3 is 0 Å². The molecule has 0 bridgehead atoms. The highest BCUT2D eigenvalue weighted by Crippen LogP contribution is 2.30. The topological polar surface area (TPSA) is 30.7 Å². The summed E-state index contributed by atoms with van der Waals surface area (Å²) in [4.78, 5) is 4.05. The molecule has 0 spiro atoms. The Hall–Kier alpha value is -2.34. The van der Waals surface area contributed by atoms with Crippen molar-refractivity contribution in [2.24, 2.45) is 0 Å². The Morgan fingerprint density at radius 2 is 1.83 bits per heavy atom. The quantitative estimate of drug-likeness (QED) is 0.703. The van der Waals surface area contributed by atoms with E-state index in [1.54, 1.807) is 29.3 Å². The molecule has 0 saturated carbocycles. The zero-order valence-electron chi connectivity index (χ0n) is 11.8. The highest BCUT2D eigenvalue weighted by molar-refractivity contribution is 6.31. The largest absolute Gasteiger partial charge is 0.416 e. The minimum atomic E-state index is -4.34. The summed E-state index contributed by atoms with van der Waals surface area (Å²) in [5.74, 6) is 0. The van der Waals surface area contributed by atoms with Crippen molar-refractivity contribution >= 4 is 11.6 Å². The van der Waals surface area contributed by atoms with E-state index in [9.17, 15) is 13.2 Å². The summed E-state index contributed by atoms with van der Waals surface area (Å²) < 4.78 is 39.5. The van der Waals surface area contributed by atoms with Gasteiger partial charge in [-0.1, -0.05) is 23.7 Å². The lowest BCUT2D eigenvalue weighted by Gasteiger charge is -2.12. The smallest absolute Gasteiger partial charge is 0.261 e. The number of alkyl halides is 3. The molecule has 3 rings (SSSR count). The Balaban J connectivity index is 1.94. The standard InChI is InChI=1S/C16H11ClF3N3/c17-14-9-21-10-15(23-7-1-6-22-23)13(14)8-11-2-4-12(5-3-11)16(18,19)20/h1-7,9-10H,8H2. The lowest BCUT2D eigenvalue weighted by molar-refractivity contribution is -0.137. The molecule has 0 aliphatic rings. The van der Waals surface area contributed by atoms with Crippen molar-refractivity contribution in [3.8, 4) is 5.69 Å².